The van der Waals surface area contributed by atoms with Gasteiger partial charge in [-0.05, 0) is 51.2 Å². The highest BCUT2D eigenvalue weighted by molar-refractivity contribution is 5.89. The standard InChI is InChI=1S/C16H24N2O2/c1-18(2)11-16(9-3-4-10-16)12-20-15(19)13-5-7-14(17)8-6-13/h5-8H,3-4,9-12,17H2,1-2H3. The number of ether oxygens (including phenoxy) is 1. The summed E-state index contributed by atoms with van der Waals surface area (Å²) in [5, 5.41) is 0. The predicted octanol–water partition coefficient (Wildman–Crippen LogP) is 2.55. The van der Waals surface area contributed by atoms with Crippen molar-refractivity contribution in [2.24, 2.45) is 5.41 Å². The first-order valence-electron chi connectivity index (χ1n) is 7.18. The van der Waals surface area contributed by atoms with Crippen molar-refractivity contribution in [3.8, 4) is 0 Å². The Morgan fingerprint density at radius 1 is 1.25 bits per heavy atom. The maximum atomic E-state index is 12.1. The second-order valence-electron chi connectivity index (χ2n) is 6.14. The molecule has 0 radical (unpaired) electrons. The van der Waals surface area contributed by atoms with Gasteiger partial charge in [0.05, 0.1) is 12.2 Å². The minimum Gasteiger partial charge on any atom is -0.461 e. The summed E-state index contributed by atoms with van der Waals surface area (Å²) < 4.78 is 5.55. The molecule has 4 nitrogen and oxygen atoms in total. The monoisotopic (exact) mass is 276 g/mol. The largest absolute Gasteiger partial charge is 0.461 e. The molecule has 0 saturated heterocycles. The molecule has 0 aromatic heterocycles. The Labute approximate surface area is 120 Å². The van der Waals surface area contributed by atoms with E-state index in [2.05, 4.69) is 19.0 Å². The summed E-state index contributed by atoms with van der Waals surface area (Å²) in [6, 6.07) is 6.87. The van der Waals surface area contributed by atoms with Crippen LogP contribution in [0.1, 0.15) is 36.0 Å². The quantitative estimate of drug-likeness (QED) is 0.663. The van der Waals surface area contributed by atoms with Crippen molar-refractivity contribution in [2.75, 3.05) is 33.0 Å². The highest BCUT2D eigenvalue weighted by Gasteiger charge is 2.35. The summed E-state index contributed by atoms with van der Waals surface area (Å²) in [5.74, 6) is -0.255. The number of esters is 1. The van der Waals surface area contributed by atoms with Crippen LogP contribution in [-0.2, 0) is 4.74 Å². The van der Waals surface area contributed by atoms with Crippen LogP contribution in [0.25, 0.3) is 0 Å². The normalized spacial score (nSPS) is 17.4. The van der Waals surface area contributed by atoms with Gasteiger partial charge in [-0.15, -0.1) is 0 Å². The highest BCUT2D eigenvalue weighted by atomic mass is 16.5. The van der Waals surface area contributed by atoms with E-state index in [0.717, 1.165) is 19.4 Å². The van der Waals surface area contributed by atoms with Gasteiger partial charge in [0.1, 0.15) is 0 Å². The van der Waals surface area contributed by atoms with E-state index >= 15 is 0 Å². The molecule has 20 heavy (non-hydrogen) atoms. The van der Waals surface area contributed by atoms with Gasteiger partial charge in [-0.1, -0.05) is 12.8 Å². The number of rotatable bonds is 5. The fourth-order valence-electron chi connectivity index (χ4n) is 3.07. The number of carbonyl (C=O) groups excluding carboxylic acids is 1. The van der Waals surface area contributed by atoms with Crippen molar-refractivity contribution in [1.29, 1.82) is 0 Å². The number of benzene rings is 1. The van der Waals surface area contributed by atoms with Crippen molar-refractivity contribution in [3.05, 3.63) is 29.8 Å². The van der Waals surface area contributed by atoms with Gasteiger partial charge in [0.25, 0.3) is 0 Å². The van der Waals surface area contributed by atoms with E-state index in [1.807, 2.05) is 0 Å². The molecule has 1 aromatic carbocycles. The van der Waals surface area contributed by atoms with Gasteiger partial charge in [-0.2, -0.15) is 0 Å². The number of nitrogen functional groups attached to an aromatic ring is 1. The van der Waals surface area contributed by atoms with Crippen molar-refractivity contribution in [2.45, 2.75) is 25.7 Å². The maximum absolute atomic E-state index is 12.1. The molecule has 0 heterocycles. The SMILES string of the molecule is CN(C)CC1(COC(=O)c2ccc(N)cc2)CCCC1. The Kier molecular flexibility index (Phi) is 4.65. The van der Waals surface area contributed by atoms with Crippen LogP contribution in [0.2, 0.25) is 0 Å². The Hall–Kier alpha value is -1.55. The second-order valence-corrected chi connectivity index (χ2v) is 6.14. The van der Waals surface area contributed by atoms with E-state index in [4.69, 9.17) is 10.5 Å². The molecule has 4 heteroatoms. The van der Waals surface area contributed by atoms with E-state index in [0.29, 0.717) is 17.9 Å². The minimum atomic E-state index is -0.255. The smallest absolute Gasteiger partial charge is 0.338 e. The Morgan fingerprint density at radius 2 is 1.85 bits per heavy atom. The van der Waals surface area contributed by atoms with Crippen LogP contribution in [0, 0.1) is 5.41 Å². The summed E-state index contributed by atoms with van der Waals surface area (Å²) >= 11 is 0. The van der Waals surface area contributed by atoms with Gasteiger partial charge in [0, 0.05) is 17.6 Å². The molecule has 110 valence electrons. The topological polar surface area (TPSA) is 55.6 Å². The van der Waals surface area contributed by atoms with Gasteiger partial charge in [0.15, 0.2) is 0 Å². The van der Waals surface area contributed by atoms with Crippen LogP contribution < -0.4 is 5.73 Å². The van der Waals surface area contributed by atoms with Gasteiger partial charge in [0.2, 0.25) is 0 Å². The molecular formula is C16H24N2O2. The lowest BCUT2D eigenvalue weighted by Crippen LogP contribution is -2.36. The third-order valence-corrected chi connectivity index (χ3v) is 3.97. The van der Waals surface area contributed by atoms with E-state index in [1.165, 1.54) is 12.8 Å². The van der Waals surface area contributed by atoms with E-state index in [1.54, 1.807) is 24.3 Å². The first-order valence-corrected chi connectivity index (χ1v) is 7.18. The van der Waals surface area contributed by atoms with Crippen LogP contribution in [0.4, 0.5) is 5.69 Å². The van der Waals surface area contributed by atoms with Gasteiger partial charge in [-0.3, -0.25) is 0 Å². The van der Waals surface area contributed by atoms with Crippen LogP contribution in [0.15, 0.2) is 24.3 Å². The molecule has 1 fully saturated rings. The van der Waals surface area contributed by atoms with E-state index < -0.39 is 0 Å². The van der Waals surface area contributed by atoms with Crippen molar-refractivity contribution >= 4 is 11.7 Å². The molecule has 2 N–H and O–H groups in total. The molecule has 0 bridgehead atoms. The zero-order chi connectivity index (χ0) is 14.6. The molecule has 0 spiro atoms. The van der Waals surface area contributed by atoms with Crippen LogP contribution >= 0.6 is 0 Å². The van der Waals surface area contributed by atoms with Crippen molar-refractivity contribution in [1.82, 2.24) is 4.90 Å². The molecule has 1 aliphatic carbocycles. The highest BCUT2D eigenvalue weighted by Crippen LogP contribution is 2.38. The first-order chi connectivity index (χ1) is 9.51. The third-order valence-electron chi connectivity index (χ3n) is 3.97. The zero-order valence-electron chi connectivity index (χ0n) is 12.4. The van der Waals surface area contributed by atoms with Crippen LogP contribution in [0.3, 0.4) is 0 Å². The van der Waals surface area contributed by atoms with Crippen LogP contribution in [0.5, 0.6) is 0 Å². The lowest BCUT2D eigenvalue weighted by atomic mass is 9.86. The fraction of sp³-hybridized carbons (Fsp3) is 0.562. The third kappa shape index (κ3) is 3.73. The predicted molar refractivity (Wildman–Crippen MR) is 80.6 cm³/mol. The molecule has 1 saturated carbocycles. The Bertz CT molecular complexity index is 448. The van der Waals surface area contributed by atoms with Gasteiger partial charge in [-0.25, -0.2) is 4.79 Å². The van der Waals surface area contributed by atoms with Gasteiger partial charge >= 0.3 is 5.97 Å². The number of hydrogen-bond acceptors (Lipinski definition) is 4. The molecular weight excluding hydrogens is 252 g/mol. The van der Waals surface area contributed by atoms with Crippen molar-refractivity contribution < 1.29 is 9.53 Å². The van der Waals surface area contributed by atoms with Gasteiger partial charge < -0.3 is 15.4 Å². The Balaban J connectivity index is 1.95. The number of carbonyl (C=O) groups is 1. The van der Waals surface area contributed by atoms with Crippen LogP contribution in [-0.4, -0.2) is 38.1 Å². The summed E-state index contributed by atoms with van der Waals surface area (Å²) in [6.45, 7) is 1.48. The summed E-state index contributed by atoms with van der Waals surface area (Å²) in [6.07, 6.45) is 4.74. The number of anilines is 1. The molecule has 1 aliphatic rings. The molecule has 2 rings (SSSR count). The molecule has 0 atom stereocenters. The number of nitrogens with zero attached hydrogens (tertiary/aromatic N) is 1. The number of nitrogens with two attached hydrogens (primary N) is 1. The second kappa shape index (κ2) is 6.27. The zero-order valence-corrected chi connectivity index (χ0v) is 12.4. The average Bonchev–Trinajstić information content (AvgIpc) is 2.85. The maximum Gasteiger partial charge on any atom is 0.338 e. The fourth-order valence-corrected chi connectivity index (χ4v) is 3.07. The van der Waals surface area contributed by atoms with E-state index in [-0.39, 0.29) is 11.4 Å². The first kappa shape index (κ1) is 14.9. The Morgan fingerprint density at radius 3 is 2.40 bits per heavy atom. The average molecular weight is 276 g/mol. The number of hydrogen-bond donors (Lipinski definition) is 1. The molecule has 1 aromatic rings. The minimum absolute atomic E-state index is 0.132. The molecule has 0 aliphatic heterocycles. The summed E-state index contributed by atoms with van der Waals surface area (Å²) in [5.41, 5.74) is 6.97. The van der Waals surface area contributed by atoms with Crippen molar-refractivity contribution in [3.63, 3.8) is 0 Å². The van der Waals surface area contributed by atoms with E-state index in [9.17, 15) is 4.79 Å². The summed E-state index contributed by atoms with van der Waals surface area (Å²) in [7, 11) is 4.14. The molecule has 0 amide bonds. The lowest BCUT2D eigenvalue weighted by molar-refractivity contribution is 0.0229. The summed E-state index contributed by atoms with van der Waals surface area (Å²) in [4.78, 5) is 14.2. The lowest BCUT2D eigenvalue weighted by Gasteiger charge is -2.31. The molecule has 0 unspecified atom stereocenters.